The Labute approximate surface area is 122 Å². The van der Waals surface area contributed by atoms with Crippen LogP contribution in [0.1, 0.15) is 26.7 Å². The Balaban J connectivity index is 1.79. The van der Waals surface area contributed by atoms with Crippen LogP contribution in [-0.4, -0.2) is 38.8 Å². The van der Waals surface area contributed by atoms with E-state index in [2.05, 4.69) is 15.3 Å². The van der Waals surface area contributed by atoms with E-state index in [1.54, 1.807) is 0 Å². The van der Waals surface area contributed by atoms with Crippen LogP contribution in [0.25, 0.3) is 11.0 Å². The number of amides is 2. The summed E-state index contributed by atoms with van der Waals surface area (Å²) in [4.78, 5) is 33.2. The summed E-state index contributed by atoms with van der Waals surface area (Å²) in [6, 6.07) is 7.03. The number of fused-ring (bicyclic) bond motifs is 1. The van der Waals surface area contributed by atoms with Crippen LogP contribution in [0, 0.1) is 0 Å². The lowest BCUT2D eigenvalue weighted by atomic mass is 10.2. The highest BCUT2D eigenvalue weighted by molar-refractivity contribution is 6.07. The number of rotatable bonds is 4. The first-order chi connectivity index (χ1) is 10.1. The van der Waals surface area contributed by atoms with Crippen LogP contribution < -0.4 is 5.32 Å². The normalized spacial score (nSPS) is 20.3. The summed E-state index contributed by atoms with van der Waals surface area (Å²) in [5.41, 5.74) is 1.73. The van der Waals surface area contributed by atoms with Crippen molar-refractivity contribution < 1.29 is 9.59 Å². The highest BCUT2D eigenvalue weighted by Crippen LogP contribution is 2.21. The number of H-pyrrole nitrogens is 1. The van der Waals surface area contributed by atoms with E-state index in [0.29, 0.717) is 5.95 Å². The third-order valence-corrected chi connectivity index (χ3v) is 3.91. The number of hydrogen-bond donors (Lipinski definition) is 2. The van der Waals surface area contributed by atoms with Crippen molar-refractivity contribution in [2.24, 2.45) is 0 Å². The smallest absolute Gasteiger partial charge is 0.252 e. The molecule has 0 aliphatic carbocycles. The summed E-state index contributed by atoms with van der Waals surface area (Å²) < 4.78 is 0. The predicted octanol–water partition coefficient (Wildman–Crippen LogP) is 1.90. The van der Waals surface area contributed by atoms with Crippen LogP contribution in [0.2, 0.25) is 0 Å². The van der Waals surface area contributed by atoms with E-state index < -0.39 is 6.04 Å². The quantitative estimate of drug-likeness (QED) is 0.841. The molecule has 3 rings (SSSR count). The fraction of sp³-hybridized carbons (Fsp3) is 0.400. The third kappa shape index (κ3) is 2.37. The number of aromatic amines is 1. The van der Waals surface area contributed by atoms with Gasteiger partial charge in [-0.1, -0.05) is 19.1 Å². The summed E-state index contributed by atoms with van der Waals surface area (Å²) in [6.45, 7) is 3.85. The van der Waals surface area contributed by atoms with E-state index in [-0.39, 0.29) is 24.3 Å². The number of anilines is 1. The minimum Gasteiger partial charge on any atom is -0.343 e. The molecule has 2 aromatic rings. The van der Waals surface area contributed by atoms with Crippen molar-refractivity contribution in [3.05, 3.63) is 24.3 Å². The third-order valence-electron chi connectivity index (χ3n) is 3.91. The zero-order chi connectivity index (χ0) is 15.0. The van der Waals surface area contributed by atoms with Crippen molar-refractivity contribution >= 4 is 28.8 Å². The zero-order valence-electron chi connectivity index (χ0n) is 12.1. The molecule has 0 spiro atoms. The number of benzene rings is 1. The SMILES string of the molecule is CCC(C)N1C(=O)CC(Nc2nc3ccccc3[nH]2)C1=O. The van der Waals surface area contributed by atoms with Crippen LogP contribution in [0.4, 0.5) is 5.95 Å². The van der Waals surface area contributed by atoms with E-state index in [1.807, 2.05) is 38.1 Å². The zero-order valence-corrected chi connectivity index (χ0v) is 12.1. The summed E-state index contributed by atoms with van der Waals surface area (Å²) in [6.07, 6.45) is 0.940. The Morgan fingerprint density at radius 3 is 2.90 bits per heavy atom. The van der Waals surface area contributed by atoms with Crippen LogP contribution in [-0.2, 0) is 9.59 Å². The molecule has 1 fully saturated rings. The van der Waals surface area contributed by atoms with Gasteiger partial charge in [-0.3, -0.25) is 14.5 Å². The number of hydrogen-bond acceptors (Lipinski definition) is 4. The first kappa shape index (κ1) is 13.6. The van der Waals surface area contributed by atoms with Gasteiger partial charge in [0.05, 0.1) is 17.5 Å². The molecule has 6 heteroatoms. The number of nitrogens with one attached hydrogen (secondary N) is 2. The van der Waals surface area contributed by atoms with Crippen molar-refractivity contribution in [3.8, 4) is 0 Å². The van der Waals surface area contributed by atoms with E-state index in [9.17, 15) is 9.59 Å². The standard InChI is InChI=1S/C15H18N4O2/c1-3-9(2)19-13(20)8-12(14(19)21)18-15-16-10-6-4-5-7-11(10)17-15/h4-7,9,12H,3,8H2,1-2H3,(H2,16,17,18). The molecular formula is C15H18N4O2. The van der Waals surface area contributed by atoms with Crippen molar-refractivity contribution in [2.75, 3.05) is 5.32 Å². The molecule has 1 aliphatic heterocycles. The minimum atomic E-state index is -0.535. The molecule has 2 amide bonds. The number of aromatic nitrogens is 2. The average molecular weight is 286 g/mol. The summed E-state index contributed by atoms with van der Waals surface area (Å²) in [5.74, 6) is 0.228. The van der Waals surface area contributed by atoms with Gasteiger partial charge in [0.25, 0.3) is 5.91 Å². The Morgan fingerprint density at radius 2 is 2.19 bits per heavy atom. The molecule has 2 unspecified atom stereocenters. The largest absolute Gasteiger partial charge is 0.343 e. The fourth-order valence-electron chi connectivity index (χ4n) is 2.60. The number of carbonyl (C=O) groups excluding carboxylic acids is 2. The van der Waals surface area contributed by atoms with Crippen LogP contribution >= 0.6 is 0 Å². The molecule has 2 N–H and O–H groups in total. The average Bonchev–Trinajstić information content (AvgIpc) is 2.99. The van der Waals surface area contributed by atoms with Crippen LogP contribution in [0.3, 0.4) is 0 Å². The van der Waals surface area contributed by atoms with E-state index >= 15 is 0 Å². The Morgan fingerprint density at radius 1 is 1.43 bits per heavy atom. The molecule has 110 valence electrons. The van der Waals surface area contributed by atoms with Crippen molar-refractivity contribution in [1.29, 1.82) is 0 Å². The van der Waals surface area contributed by atoms with Crippen LogP contribution in [0.15, 0.2) is 24.3 Å². The number of para-hydroxylation sites is 2. The van der Waals surface area contributed by atoms with Gasteiger partial charge in [-0.25, -0.2) is 4.98 Å². The molecule has 1 aromatic carbocycles. The molecular weight excluding hydrogens is 268 g/mol. The van der Waals surface area contributed by atoms with E-state index in [0.717, 1.165) is 17.5 Å². The maximum atomic E-state index is 12.3. The molecule has 0 saturated carbocycles. The van der Waals surface area contributed by atoms with Crippen molar-refractivity contribution in [3.63, 3.8) is 0 Å². The molecule has 0 bridgehead atoms. The molecule has 2 heterocycles. The van der Waals surface area contributed by atoms with Gasteiger partial charge in [-0.05, 0) is 25.5 Å². The van der Waals surface area contributed by atoms with Crippen molar-refractivity contribution in [1.82, 2.24) is 14.9 Å². The molecule has 1 aromatic heterocycles. The second-order valence-corrected chi connectivity index (χ2v) is 5.36. The van der Waals surface area contributed by atoms with Gasteiger partial charge in [0.2, 0.25) is 11.9 Å². The number of carbonyl (C=O) groups is 2. The van der Waals surface area contributed by atoms with Crippen molar-refractivity contribution in [2.45, 2.75) is 38.8 Å². The van der Waals surface area contributed by atoms with Gasteiger partial charge < -0.3 is 10.3 Å². The number of nitrogens with zero attached hydrogens (tertiary/aromatic N) is 2. The number of likely N-dealkylation sites (tertiary alicyclic amines) is 1. The minimum absolute atomic E-state index is 0.0625. The van der Waals surface area contributed by atoms with E-state index in [4.69, 9.17) is 0 Å². The summed E-state index contributed by atoms with van der Waals surface area (Å²) >= 11 is 0. The van der Waals surface area contributed by atoms with Gasteiger partial charge in [0.1, 0.15) is 6.04 Å². The molecule has 2 atom stereocenters. The number of imidazole rings is 1. The molecule has 21 heavy (non-hydrogen) atoms. The monoisotopic (exact) mass is 286 g/mol. The molecule has 1 aliphatic rings. The lowest BCUT2D eigenvalue weighted by molar-refractivity contribution is -0.140. The fourth-order valence-corrected chi connectivity index (χ4v) is 2.60. The second-order valence-electron chi connectivity index (χ2n) is 5.36. The van der Waals surface area contributed by atoms with Gasteiger partial charge in [0, 0.05) is 6.04 Å². The van der Waals surface area contributed by atoms with E-state index in [1.165, 1.54) is 4.90 Å². The maximum Gasteiger partial charge on any atom is 0.252 e. The van der Waals surface area contributed by atoms with Gasteiger partial charge in [0.15, 0.2) is 0 Å². The predicted molar refractivity (Wildman–Crippen MR) is 79.7 cm³/mol. The first-order valence-corrected chi connectivity index (χ1v) is 7.17. The lowest BCUT2D eigenvalue weighted by Crippen LogP contribution is -2.40. The maximum absolute atomic E-state index is 12.3. The summed E-state index contributed by atoms with van der Waals surface area (Å²) in [5, 5.41) is 3.04. The molecule has 0 radical (unpaired) electrons. The lowest BCUT2D eigenvalue weighted by Gasteiger charge is -2.21. The second kappa shape index (κ2) is 5.20. The first-order valence-electron chi connectivity index (χ1n) is 7.17. The molecule has 1 saturated heterocycles. The van der Waals surface area contributed by atoms with Gasteiger partial charge in [-0.15, -0.1) is 0 Å². The van der Waals surface area contributed by atoms with Crippen LogP contribution in [0.5, 0.6) is 0 Å². The Kier molecular flexibility index (Phi) is 3.37. The Hall–Kier alpha value is -2.37. The topological polar surface area (TPSA) is 78.1 Å². The highest BCUT2D eigenvalue weighted by atomic mass is 16.2. The summed E-state index contributed by atoms with van der Waals surface area (Å²) in [7, 11) is 0. The van der Waals surface area contributed by atoms with Gasteiger partial charge >= 0.3 is 0 Å². The number of imide groups is 1. The van der Waals surface area contributed by atoms with Gasteiger partial charge in [-0.2, -0.15) is 0 Å². The highest BCUT2D eigenvalue weighted by Gasteiger charge is 2.40. The Bertz CT molecular complexity index is 661. The molecule has 6 nitrogen and oxygen atoms in total.